The van der Waals surface area contributed by atoms with Gasteiger partial charge in [0.2, 0.25) is 0 Å². The minimum atomic E-state index is -0.277. The third-order valence-electron chi connectivity index (χ3n) is 3.54. The number of nitrogens with zero attached hydrogens (tertiary/aromatic N) is 3. The van der Waals surface area contributed by atoms with E-state index in [1.807, 2.05) is 13.0 Å². The Morgan fingerprint density at radius 1 is 1.14 bits per heavy atom. The van der Waals surface area contributed by atoms with E-state index in [0.717, 1.165) is 22.4 Å². The van der Waals surface area contributed by atoms with E-state index in [1.165, 1.54) is 12.1 Å². The van der Waals surface area contributed by atoms with Gasteiger partial charge in [-0.05, 0) is 37.3 Å². The van der Waals surface area contributed by atoms with Crippen LogP contribution >= 0.6 is 0 Å². The van der Waals surface area contributed by atoms with Crippen LogP contribution in [0.4, 0.5) is 4.39 Å². The lowest BCUT2D eigenvalue weighted by molar-refractivity contribution is 0.451. The lowest BCUT2D eigenvalue weighted by Gasteiger charge is -2.05. The minimum Gasteiger partial charge on any atom is -0.354 e. The van der Waals surface area contributed by atoms with Gasteiger partial charge in [0, 0.05) is 22.9 Å². The van der Waals surface area contributed by atoms with Crippen LogP contribution in [0, 0.1) is 12.7 Å². The highest BCUT2D eigenvalue weighted by atomic mass is 19.1. The lowest BCUT2D eigenvalue weighted by atomic mass is 10.0. The number of aromatic nitrogens is 4. The first-order valence-corrected chi connectivity index (χ1v) is 6.74. The number of benzene rings is 1. The molecule has 0 saturated carbocycles. The van der Waals surface area contributed by atoms with Gasteiger partial charge in [0.1, 0.15) is 17.0 Å². The summed E-state index contributed by atoms with van der Waals surface area (Å²) in [6.07, 6.45) is 3.49. The van der Waals surface area contributed by atoms with Gasteiger partial charge in [0.15, 0.2) is 5.58 Å². The van der Waals surface area contributed by atoms with Gasteiger partial charge in [-0.15, -0.1) is 0 Å². The van der Waals surface area contributed by atoms with Gasteiger partial charge in [0.25, 0.3) is 0 Å². The van der Waals surface area contributed by atoms with E-state index in [1.54, 1.807) is 24.5 Å². The number of hydrogen-bond acceptors (Lipinski definition) is 4. The zero-order valence-electron chi connectivity index (χ0n) is 11.7. The molecule has 0 bridgehead atoms. The molecule has 0 unspecified atom stereocenters. The Labute approximate surface area is 124 Å². The largest absolute Gasteiger partial charge is 0.354 e. The van der Waals surface area contributed by atoms with Gasteiger partial charge in [0.05, 0.1) is 11.9 Å². The van der Waals surface area contributed by atoms with Gasteiger partial charge in [-0.2, -0.15) is 5.10 Å². The summed E-state index contributed by atoms with van der Waals surface area (Å²) in [5.41, 5.74) is 5.31. The molecule has 0 fully saturated rings. The summed E-state index contributed by atoms with van der Waals surface area (Å²) in [6.45, 7) is 1.84. The molecular weight excluding hydrogens is 283 g/mol. The summed E-state index contributed by atoms with van der Waals surface area (Å²) < 4.78 is 18.5. The normalized spacial score (nSPS) is 11.2. The van der Waals surface area contributed by atoms with Crippen LogP contribution in [0.2, 0.25) is 0 Å². The summed E-state index contributed by atoms with van der Waals surface area (Å²) in [4.78, 5) is 4.60. The fraction of sp³-hybridized carbons (Fsp3) is 0.0625. The van der Waals surface area contributed by atoms with E-state index in [-0.39, 0.29) is 5.82 Å². The second-order valence-electron chi connectivity index (χ2n) is 4.99. The predicted octanol–water partition coefficient (Wildman–Crippen LogP) is 3.73. The molecule has 0 aliphatic heterocycles. The molecule has 0 spiro atoms. The monoisotopic (exact) mass is 294 g/mol. The maximum atomic E-state index is 13.1. The van der Waals surface area contributed by atoms with E-state index in [4.69, 9.17) is 4.52 Å². The molecule has 5 nitrogen and oxygen atoms in total. The molecule has 0 amide bonds. The van der Waals surface area contributed by atoms with Crippen molar-refractivity contribution in [3.05, 3.63) is 54.2 Å². The number of fused-ring (bicyclic) bond motifs is 1. The van der Waals surface area contributed by atoms with Crippen molar-refractivity contribution >= 4 is 11.1 Å². The molecule has 0 aliphatic rings. The number of hydrogen-bond donors (Lipinski definition) is 1. The van der Waals surface area contributed by atoms with Crippen LogP contribution in [0.5, 0.6) is 0 Å². The molecule has 3 aromatic heterocycles. The average molecular weight is 294 g/mol. The molecule has 0 atom stereocenters. The molecule has 22 heavy (non-hydrogen) atoms. The Balaban J connectivity index is 2.00. The van der Waals surface area contributed by atoms with Crippen LogP contribution in [0.3, 0.4) is 0 Å². The van der Waals surface area contributed by atoms with Crippen LogP contribution in [0.1, 0.15) is 5.69 Å². The molecule has 4 rings (SSSR count). The SMILES string of the molecule is Cc1noc2c(-c3cn[nH]c3)cc(-c3ccc(F)cc3)nc12. The van der Waals surface area contributed by atoms with E-state index < -0.39 is 0 Å². The molecule has 0 radical (unpaired) electrons. The van der Waals surface area contributed by atoms with Gasteiger partial charge in [-0.3, -0.25) is 5.10 Å². The summed E-state index contributed by atoms with van der Waals surface area (Å²) >= 11 is 0. The highest BCUT2D eigenvalue weighted by Gasteiger charge is 2.16. The topological polar surface area (TPSA) is 67.6 Å². The number of aryl methyl sites for hydroxylation is 1. The summed E-state index contributed by atoms with van der Waals surface area (Å²) in [5, 5.41) is 10.7. The Morgan fingerprint density at radius 3 is 2.68 bits per heavy atom. The first-order valence-electron chi connectivity index (χ1n) is 6.74. The lowest BCUT2D eigenvalue weighted by Crippen LogP contribution is -1.88. The number of nitrogens with one attached hydrogen (secondary N) is 1. The van der Waals surface area contributed by atoms with E-state index in [9.17, 15) is 4.39 Å². The third kappa shape index (κ3) is 1.96. The Kier molecular flexibility index (Phi) is 2.75. The van der Waals surface area contributed by atoms with Gasteiger partial charge < -0.3 is 4.52 Å². The zero-order valence-corrected chi connectivity index (χ0v) is 11.7. The molecule has 0 saturated heterocycles. The second kappa shape index (κ2) is 4.77. The number of aromatic amines is 1. The van der Waals surface area contributed by atoms with Gasteiger partial charge >= 0.3 is 0 Å². The van der Waals surface area contributed by atoms with Crippen molar-refractivity contribution in [1.29, 1.82) is 0 Å². The second-order valence-corrected chi connectivity index (χ2v) is 4.99. The van der Waals surface area contributed by atoms with E-state index in [2.05, 4.69) is 20.3 Å². The summed E-state index contributed by atoms with van der Waals surface area (Å²) in [6, 6.07) is 8.13. The molecule has 1 N–H and O–H groups in total. The Morgan fingerprint density at radius 2 is 1.95 bits per heavy atom. The highest BCUT2D eigenvalue weighted by Crippen LogP contribution is 2.32. The molecule has 108 valence electrons. The molecule has 0 aliphatic carbocycles. The maximum Gasteiger partial charge on any atom is 0.193 e. The van der Waals surface area contributed by atoms with Gasteiger partial charge in [-0.25, -0.2) is 9.37 Å². The number of rotatable bonds is 2. The van der Waals surface area contributed by atoms with Crippen LogP contribution in [-0.4, -0.2) is 20.3 Å². The van der Waals surface area contributed by atoms with Crippen molar-refractivity contribution < 1.29 is 8.91 Å². The average Bonchev–Trinajstić information content (AvgIpc) is 3.18. The number of pyridine rings is 1. The van der Waals surface area contributed by atoms with Crippen molar-refractivity contribution in [2.45, 2.75) is 6.92 Å². The summed E-state index contributed by atoms with van der Waals surface area (Å²) in [5.74, 6) is -0.277. The van der Waals surface area contributed by atoms with E-state index in [0.29, 0.717) is 16.8 Å². The third-order valence-corrected chi connectivity index (χ3v) is 3.54. The van der Waals surface area contributed by atoms with Crippen molar-refractivity contribution in [2.75, 3.05) is 0 Å². The molecular formula is C16H11FN4O. The quantitative estimate of drug-likeness (QED) is 0.611. The van der Waals surface area contributed by atoms with Crippen LogP contribution in [-0.2, 0) is 0 Å². The Bertz CT molecular complexity index is 942. The smallest absolute Gasteiger partial charge is 0.193 e. The first kappa shape index (κ1) is 12.7. The Hall–Kier alpha value is -3.02. The predicted molar refractivity (Wildman–Crippen MR) is 79.5 cm³/mol. The maximum absolute atomic E-state index is 13.1. The fourth-order valence-electron chi connectivity index (χ4n) is 2.41. The molecule has 3 heterocycles. The van der Waals surface area contributed by atoms with Crippen molar-refractivity contribution in [3.63, 3.8) is 0 Å². The standard InChI is InChI=1S/C16H11FN4O/c1-9-15-16(22-21-9)13(11-7-18-19-8-11)6-14(20-15)10-2-4-12(17)5-3-10/h2-8H,1H3,(H,18,19). The van der Waals surface area contributed by atoms with Crippen molar-refractivity contribution in [2.24, 2.45) is 0 Å². The zero-order chi connectivity index (χ0) is 15.1. The van der Waals surface area contributed by atoms with Crippen molar-refractivity contribution in [3.8, 4) is 22.4 Å². The number of H-pyrrole nitrogens is 1. The summed E-state index contributed by atoms with van der Waals surface area (Å²) in [7, 11) is 0. The van der Waals surface area contributed by atoms with Crippen LogP contribution < -0.4 is 0 Å². The van der Waals surface area contributed by atoms with E-state index >= 15 is 0 Å². The van der Waals surface area contributed by atoms with Crippen LogP contribution in [0.15, 0.2) is 47.2 Å². The molecule has 6 heteroatoms. The van der Waals surface area contributed by atoms with Crippen molar-refractivity contribution in [1.82, 2.24) is 20.3 Å². The molecule has 1 aromatic carbocycles. The first-order chi connectivity index (χ1) is 10.7. The highest BCUT2D eigenvalue weighted by molar-refractivity contribution is 5.93. The number of halogens is 1. The fourth-order valence-corrected chi connectivity index (χ4v) is 2.41. The van der Waals surface area contributed by atoms with Crippen LogP contribution in [0.25, 0.3) is 33.5 Å². The van der Waals surface area contributed by atoms with Gasteiger partial charge in [-0.1, -0.05) is 5.16 Å². The molecule has 4 aromatic rings. The minimum absolute atomic E-state index is 0.277.